The molecule has 0 bridgehead atoms. The molecule has 1 fully saturated rings. The minimum atomic E-state index is 0.240. The molecule has 0 saturated heterocycles. The summed E-state index contributed by atoms with van der Waals surface area (Å²) in [6.45, 7) is 7.48. The molecule has 1 saturated carbocycles. The Bertz CT molecular complexity index is 639. The molecule has 2 heteroatoms. The maximum atomic E-state index is 2.38. The van der Waals surface area contributed by atoms with E-state index in [0.717, 1.165) is 5.82 Å². The lowest BCUT2D eigenvalue weighted by molar-refractivity contribution is 0.499. The van der Waals surface area contributed by atoms with E-state index in [9.17, 15) is 0 Å². The van der Waals surface area contributed by atoms with Gasteiger partial charge in [0.05, 0.1) is 0 Å². The highest BCUT2D eigenvalue weighted by atomic mass is 32.2. The first kappa shape index (κ1) is 17.7. The monoisotopic (exact) mass is 336 g/mol. The van der Waals surface area contributed by atoms with E-state index in [4.69, 9.17) is 0 Å². The molecule has 0 radical (unpaired) electrons. The van der Waals surface area contributed by atoms with Crippen molar-refractivity contribution in [1.29, 1.82) is 0 Å². The highest BCUT2D eigenvalue weighted by Crippen LogP contribution is 2.35. The van der Waals surface area contributed by atoms with E-state index < -0.39 is 0 Å². The predicted octanol–water partition coefficient (Wildman–Crippen LogP) is 5.52. The minimum absolute atomic E-state index is 0.240. The molecule has 126 valence electrons. The van der Waals surface area contributed by atoms with Gasteiger partial charge >= 0.3 is 0 Å². The van der Waals surface area contributed by atoms with Crippen molar-refractivity contribution in [3.63, 3.8) is 0 Å². The zero-order chi connectivity index (χ0) is 17.0. The van der Waals surface area contributed by atoms with Crippen molar-refractivity contribution in [2.45, 2.75) is 68.3 Å². The van der Waals surface area contributed by atoms with Gasteiger partial charge in [-0.15, -0.1) is 11.8 Å². The predicted molar refractivity (Wildman–Crippen MR) is 110 cm³/mol. The standard InChI is InChI=1S/C22H29BS/c1-22(2,3)24-21-17-11-10-16-20(21)23(18-12-6-4-7-13-18)19-14-8-5-9-15-19/h4,6-7,10-13,16-17,19H,5,8-9,14-15H2,1-3H3. The molecule has 0 spiro atoms. The lowest BCUT2D eigenvalue weighted by atomic mass is 9.32. The van der Waals surface area contributed by atoms with E-state index in [1.165, 1.54) is 47.9 Å². The van der Waals surface area contributed by atoms with Crippen LogP contribution in [0.5, 0.6) is 0 Å². The van der Waals surface area contributed by atoms with Gasteiger partial charge in [-0.3, -0.25) is 0 Å². The average molecular weight is 336 g/mol. The second-order valence-corrected chi connectivity index (χ2v) is 9.91. The zero-order valence-electron chi connectivity index (χ0n) is 15.3. The van der Waals surface area contributed by atoms with Crippen LogP contribution in [0.25, 0.3) is 0 Å². The van der Waals surface area contributed by atoms with E-state index in [1.54, 1.807) is 0 Å². The highest BCUT2D eigenvalue weighted by Gasteiger charge is 2.32. The molecule has 0 unspecified atom stereocenters. The second-order valence-electron chi connectivity index (χ2n) is 8.04. The largest absolute Gasteiger partial charge is 0.213 e. The Balaban J connectivity index is 2.02. The van der Waals surface area contributed by atoms with Crippen LogP contribution in [0.1, 0.15) is 52.9 Å². The van der Waals surface area contributed by atoms with Gasteiger partial charge in [-0.1, -0.05) is 118 Å². The molecule has 1 aliphatic rings. The van der Waals surface area contributed by atoms with Crippen LogP contribution in [0, 0.1) is 0 Å². The first-order chi connectivity index (χ1) is 11.5. The second kappa shape index (κ2) is 7.82. The summed E-state index contributed by atoms with van der Waals surface area (Å²) in [7, 11) is 0. The van der Waals surface area contributed by atoms with Crippen molar-refractivity contribution in [3.8, 4) is 0 Å². The van der Waals surface area contributed by atoms with Crippen molar-refractivity contribution >= 4 is 29.4 Å². The molecule has 2 aromatic rings. The van der Waals surface area contributed by atoms with Crippen LogP contribution in [0.2, 0.25) is 5.82 Å². The lowest BCUT2D eigenvalue weighted by Gasteiger charge is -2.31. The number of benzene rings is 2. The van der Waals surface area contributed by atoms with E-state index in [2.05, 4.69) is 75.4 Å². The molecule has 0 aromatic heterocycles. The zero-order valence-corrected chi connectivity index (χ0v) is 16.1. The van der Waals surface area contributed by atoms with E-state index in [0.29, 0.717) is 6.71 Å². The van der Waals surface area contributed by atoms with E-state index >= 15 is 0 Å². The fourth-order valence-corrected chi connectivity index (χ4v) is 5.11. The summed E-state index contributed by atoms with van der Waals surface area (Å²) in [5.74, 6) is 0.780. The molecule has 0 nitrogen and oxygen atoms in total. The third-order valence-corrected chi connectivity index (χ3v) is 6.15. The summed E-state index contributed by atoms with van der Waals surface area (Å²) < 4.78 is 0.240. The van der Waals surface area contributed by atoms with Crippen LogP contribution in [-0.2, 0) is 0 Å². The Hall–Kier alpha value is -1.15. The smallest absolute Gasteiger partial charge is 0.121 e. The van der Waals surface area contributed by atoms with Crippen molar-refractivity contribution in [1.82, 2.24) is 0 Å². The third kappa shape index (κ3) is 4.48. The maximum absolute atomic E-state index is 2.38. The molecule has 0 N–H and O–H groups in total. The van der Waals surface area contributed by atoms with Crippen LogP contribution in [-0.4, -0.2) is 11.5 Å². The summed E-state index contributed by atoms with van der Waals surface area (Å²) >= 11 is 2.01. The summed E-state index contributed by atoms with van der Waals surface area (Å²) in [6, 6.07) is 20.3. The molecule has 1 aliphatic carbocycles. The van der Waals surface area contributed by atoms with Crippen LogP contribution in [0.15, 0.2) is 59.5 Å². The van der Waals surface area contributed by atoms with Crippen molar-refractivity contribution in [2.75, 3.05) is 0 Å². The van der Waals surface area contributed by atoms with Gasteiger partial charge in [0.2, 0.25) is 6.71 Å². The number of hydrogen-bond acceptors (Lipinski definition) is 1. The Labute approximate surface area is 152 Å². The summed E-state index contributed by atoms with van der Waals surface area (Å²) in [5.41, 5.74) is 3.03. The number of thioether (sulfide) groups is 1. The first-order valence-electron chi connectivity index (χ1n) is 9.37. The molecule has 24 heavy (non-hydrogen) atoms. The molecule has 0 aliphatic heterocycles. The van der Waals surface area contributed by atoms with Gasteiger partial charge in [0, 0.05) is 9.64 Å². The molecule has 2 aromatic carbocycles. The van der Waals surface area contributed by atoms with Crippen molar-refractivity contribution in [2.24, 2.45) is 0 Å². The van der Waals surface area contributed by atoms with Gasteiger partial charge in [0.25, 0.3) is 0 Å². The quantitative estimate of drug-likeness (QED) is 0.523. The summed E-state index contributed by atoms with van der Waals surface area (Å²) in [5, 5.41) is 0. The van der Waals surface area contributed by atoms with Gasteiger partial charge in [-0.2, -0.15) is 0 Å². The fourth-order valence-electron chi connectivity index (χ4n) is 3.99. The van der Waals surface area contributed by atoms with Gasteiger partial charge < -0.3 is 0 Å². The van der Waals surface area contributed by atoms with E-state index in [-0.39, 0.29) is 4.75 Å². The fraction of sp³-hybridized carbons (Fsp3) is 0.455. The first-order valence-corrected chi connectivity index (χ1v) is 10.2. The van der Waals surface area contributed by atoms with Crippen molar-refractivity contribution in [3.05, 3.63) is 54.6 Å². The third-order valence-electron chi connectivity index (χ3n) is 4.95. The molecule has 0 atom stereocenters. The minimum Gasteiger partial charge on any atom is -0.121 e. The summed E-state index contributed by atoms with van der Waals surface area (Å²) in [4.78, 5) is 1.46. The van der Waals surface area contributed by atoms with Gasteiger partial charge in [0.15, 0.2) is 0 Å². The summed E-state index contributed by atoms with van der Waals surface area (Å²) in [6.07, 6.45) is 6.93. The topological polar surface area (TPSA) is 0 Å². The average Bonchev–Trinajstić information content (AvgIpc) is 2.57. The molecule has 0 heterocycles. The van der Waals surface area contributed by atoms with Gasteiger partial charge in [-0.05, 0) is 6.07 Å². The Morgan fingerprint density at radius 1 is 0.833 bits per heavy atom. The van der Waals surface area contributed by atoms with Crippen LogP contribution in [0.3, 0.4) is 0 Å². The Kier molecular flexibility index (Phi) is 5.76. The maximum Gasteiger partial charge on any atom is 0.213 e. The lowest BCUT2D eigenvalue weighted by Crippen LogP contribution is -2.47. The SMILES string of the molecule is CC(C)(C)Sc1ccccc1B(c1ccccc1)C1CCCCC1. The molecular formula is C22H29BS. The molecule has 3 rings (SSSR count). The normalized spacial score (nSPS) is 16.1. The van der Waals surface area contributed by atoms with Crippen LogP contribution in [0.4, 0.5) is 0 Å². The molecular weight excluding hydrogens is 307 g/mol. The van der Waals surface area contributed by atoms with Crippen LogP contribution < -0.4 is 10.9 Å². The van der Waals surface area contributed by atoms with Crippen molar-refractivity contribution < 1.29 is 0 Å². The Morgan fingerprint density at radius 3 is 2.12 bits per heavy atom. The van der Waals surface area contributed by atoms with E-state index in [1.807, 2.05) is 11.8 Å². The van der Waals surface area contributed by atoms with Gasteiger partial charge in [0.1, 0.15) is 0 Å². The number of rotatable bonds is 4. The highest BCUT2D eigenvalue weighted by molar-refractivity contribution is 8.00. The van der Waals surface area contributed by atoms with Gasteiger partial charge in [-0.25, -0.2) is 0 Å². The van der Waals surface area contributed by atoms with Crippen LogP contribution >= 0.6 is 11.8 Å². The molecule has 0 amide bonds. The number of hydrogen-bond donors (Lipinski definition) is 0. The Morgan fingerprint density at radius 2 is 1.46 bits per heavy atom.